The van der Waals surface area contributed by atoms with Crippen LogP contribution >= 0.6 is 0 Å². The van der Waals surface area contributed by atoms with E-state index in [1.54, 1.807) is 0 Å². The van der Waals surface area contributed by atoms with Crippen molar-refractivity contribution >= 4 is 0 Å². The molecule has 1 aromatic rings. The van der Waals surface area contributed by atoms with E-state index in [1.807, 2.05) is 7.05 Å². The highest BCUT2D eigenvalue weighted by molar-refractivity contribution is 4.89. The average molecular weight is 239 g/mol. The Kier molecular flexibility index (Phi) is 4.94. The number of nitrogens with zero attached hydrogens (tertiary/aromatic N) is 2. The lowest BCUT2D eigenvalue weighted by Crippen LogP contribution is -2.19. The molecule has 0 saturated carbocycles. The van der Waals surface area contributed by atoms with Crippen molar-refractivity contribution in [1.82, 2.24) is 15.5 Å². The summed E-state index contributed by atoms with van der Waals surface area (Å²) in [7, 11) is 1.95. The van der Waals surface area contributed by atoms with Gasteiger partial charge in [0.2, 0.25) is 5.89 Å². The first-order chi connectivity index (χ1) is 8.38. The Morgan fingerprint density at radius 3 is 3.18 bits per heavy atom. The Bertz CT molecular complexity index is 321. The van der Waals surface area contributed by atoms with Gasteiger partial charge in [-0.2, -0.15) is 4.98 Å². The van der Waals surface area contributed by atoms with Gasteiger partial charge in [0, 0.05) is 26.1 Å². The maximum atomic E-state index is 5.45. The topological polar surface area (TPSA) is 60.2 Å². The molecule has 2 rings (SSSR count). The molecule has 1 N–H and O–H groups in total. The highest BCUT2D eigenvalue weighted by Crippen LogP contribution is 2.17. The second kappa shape index (κ2) is 6.71. The predicted molar refractivity (Wildman–Crippen MR) is 63.8 cm³/mol. The lowest BCUT2D eigenvalue weighted by Gasteiger charge is -2.20. The molecular formula is C12H21N3O2. The molecule has 1 atom stereocenters. The van der Waals surface area contributed by atoms with E-state index >= 15 is 0 Å². The van der Waals surface area contributed by atoms with Crippen LogP contribution in [0.5, 0.6) is 0 Å². The third kappa shape index (κ3) is 4.09. The van der Waals surface area contributed by atoms with Crippen molar-refractivity contribution in [3.63, 3.8) is 0 Å². The molecule has 5 nitrogen and oxygen atoms in total. The molecule has 1 aliphatic heterocycles. The zero-order valence-corrected chi connectivity index (χ0v) is 10.4. The normalized spacial score (nSPS) is 20.6. The Balaban J connectivity index is 1.76. The van der Waals surface area contributed by atoms with Crippen LogP contribution < -0.4 is 5.32 Å². The zero-order valence-electron chi connectivity index (χ0n) is 10.4. The number of hydrogen-bond donors (Lipinski definition) is 1. The zero-order chi connectivity index (χ0) is 11.9. The molecule has 1 unspecified atom stereocenters. The van der Waals surface area contributed by atoms with Gasteiger partial charge in [-0.15, -0.1) is 0 Å². The SMILES string of the molecule is CNCCCc1nc(CC2CCCOC2)no1. The van der Waals surface area contributed by atoms with Gasteiger partial charge in [-0.3, -0.25) is 0 Å². The Hall–Kier alpha value is -0.940. The molecule has 1 saturated heterocycles. The molecule has 17 heavy (non-hydrogen) atoms. The second-order valence-electron chi connectivity index (χ2n) is 4.60. The van der Waals surface area contributed by atoms with E-state index in [0.717, 1.165) is 57.2 Å². The van der Waals surface area contributed by atoms with E-state index < -0.39 is 0 Å². The molecule has 0 amide bonds. The smallest absolute Gasteiger partial charge is 0.226 e. The van der Waals surface area contributed by atoms with Crippen LogP contribution in [0.25, 0.3) is 0 Å². The number of aromatic nitrogens is 2. The minimum absolute atomic E-state index is 0.562. The van der Waals surface area contributed by atoms with Gasteiger partial charge >= 0.3 is 0 Å². The summed E-state index contributed by atoms with van der Waals surface area (Å²) < 4.78 is 10.7. The minimum atomic E-state index is 0.562. The summed E-state index contributed by atoms with van der Waals surface area (Å²) in [6.45, 7) is 2.72. The first-order valence-corrected chi connectivity index (χ1v) is 6.42. The van der Waals surface area contributed by atoms with E-state index in [9.17, 15) is 0 Å². The minimum Gasteiger partial charge on any atom is -0.381 e. The number of hydrogen-bond acceptors (Lipinski definition) is 5. The van der Waals surface area contributed by atoms with E-state index in [4.69, 9.17) is 9.26 Å². The van der Waals surface area contributed by atoms with Crippen LogP contribution in [0.1, 0.15) is 31.0 Å². The first kappa shape index (κ1) is 12.5. The summed E-state index contributed by atoms with van der Waals surface area (Å²) >= 11 is 0. The van der Waals surface area contributed by atoms with Crippen LogP contribution in [-0.2, 0) is 17.6 Å². The van der Waals surface area contributed by atoms with Crippen molar-refractivity contribution in [3.8, 4) is 0 Å². The molecule has 0 aromatic carbocycles. The van der Waals surface area contributed by atoms with E-state index in [-0.39, 0.29) is 0 Å². The van der Waals surface area contributed by atoms with Gasteiger partial charge < -0.3 is 14.6 Å². The van der Waals surface area contributed by atoms with Gasteiger partial charge in [-0.05, 0) is 38.8 Å². The van der Waals surface area contributed by atoms with Crippen molar-refractivity contribution < 1.29 is 9.26 Å². The largest absolute Gasteiger partial charge is 0.381 e. The van der Waals surface area contributed by atoms with E-state index in [0.29, 0.717) is 5.92 Å². The monoisotopic (exact) mass is 239 g/mol. The predicted octanol–water partition coefficient (Wildman–Crippen LogP) is 1.19. The first-order valence-electron chi connectivity index (χ1n) is 6.42. The quantitative estimate of drug-likeness (QED) is 0.756. The molecular weight excluding hydrogens is 218 g/mol. The van der Waals surface area contributed by atoms with Crippen LogP contribution in [0, 0.1) is 5.92 Å². The number of aryl methyl sites for hydroxylation is 1. The van der Waals surface area contributed by atoms with Gasteiger partial charge in [0.05, 0.1) is 0 Å². The van der Waals surface area contributed by atoms with Crippen molar-refractivity contribution in [2.24, 2.45) is 5.92 Å². The molecule has 0 bridgehead atoms. The van der Waals surface area contributed by atoms with Crippen molar-refractivity contribution in [2.45, 2.75) is 32.1 Å². The Morgan fingerprint density at radius 2 is 2.41 bits per heavy atom. The number of ether oxygens (including phenoxy) is 1. The highest BCUT2D eigenvalue weighted by Gasteiger charge is 2.17. The molecule has 1 aliphatic rings. The summed E-state index contributed by atoms with van der Waals surface area (Å²) in [6.07, 6.45) is 5.14. The summed E-state index contributed by atoms with van der Waals surface area (Å²) in [5, 5.41) is 7.13. The molecule has 0 aliphatic carbocycles. The summed E-state index contributed by atoms with van der Waals surface area (Å²) in [4.78, 5) is 4.42. The fraction of sp³-hybridized carbons (Fsp3) is 0.833. The van der Waals surface area contributed by atoms with Gasteiger partial charge in [0.15, 0.2) is 5.82 Å². The van der Waals surface area contributed by atoms with E-state index in [1.165, 1.54) is 6.42 Å². The Morgan fingerprint density at radius 1 is 1.47 bits per heavy atom. The van der Waals surface area contributed by atoms with Crippen molar-refractivity contribution in [1.29, 1.82) is 0 Å². The van der Waals surface area contributed by atoms with Crippen molar-refractivity contribution in [3.05, 3.63) is 11.7 Å². The van der Waals surface area contributed by atoms with Crippen LogP contribution in [0.3, 0.4) is 0 Å². The molecule has 0 radical (unpaired) electrons. The number of nitrogens with one attached hydrogen (secondary N) is 1. The summed E-state index contributed by atoms with van der Waals surface area (Å²) in [5.74, 6) is 2.15. The van der Waals surface area contributed by atoms with Crippen LogP contribution in [0.15, 0.2) is 4.52 Å². The molecule has 1 fully saturated rings. The average Bonchev–Trinajstić information content (AvgIpc) is 2.79. The maximum absolute atomic E-state index is 5.45. The fourth-order valence-electron chi connectivity index (χ4n) is 2.12. The molecule has 2 heterocycles. The van der Waals surface area contributed by atoms with Crippen LogP contribution in [0.4, 0.5) is 0 Å². The van der Waals surface area contributed by atoms with Gasteiger partial charge in [0.1, 0.15) is 0 Å². The van der Waals surface area contributed by atoms with Gasteiger partial charge in [0.25, 0.3) is 0 Å². The molecule has 96 valence electrons. The van der Waals surface area contributed by atoms with Gasteiger partial charge in [-0.1, -0.05) is 5.16 Å². The van der Waals surface area contributed by atoms with E-state index in [2.05, 4.69) is 15.5 Å². The lowest BCUT2D eigenvalue weighted by atomic mass is 9.98. The highest BCUT2D eigenvalue weighted by atomic mass is 16.5. The summed E-state index contributed by atoms with van der Waals surface area (Å²) in [6, 6.07) is 0. The standard InChI is InChI=1S/C12H21N3O2/c1-13-6-2-5-12-14-11(15-17-12)8-10-4-3-7-16-9-10/h10,13H,2-9H2,1H3. The molecule has 1 aromatic heterocycles. The molecule has 5 heteroatoms. The van der Waals surface area contributed by atoms with Gasteiger partial charge in [-0.25, -0.2) is 0 Å². The number of rotatable bonds is 6. The third-order valence-electron chi connectivity index (χ3n) is 3.05. The fourth-order valence-corrected chi connectivity index (χ4v) is 2.12. The Labute approximate surface area is 102 Å². The lowest BCUT2D eigenvalue weighted by molar-refractivity contribution is 0.0541. The van der Waals surface area contributed by atoms with Crippen molar-refractivity contribution in [2.75, 3.05) is 26.8 Å². The van der Waals surface area contributed by atoms with Crippen LogP contribution in [-0.4, -0.2) is 36.9 Å². The second-order valence-corrected chi connectivity index (χ2v) is 4.60. The third-order valence-corrected chi connectivity index (χ3v) is 3.05. The van der Waals surface area contributed by atoms with Crippen LogP contribution in [0.2, 0.25) is 0 Å². The molecule has 0 spiro atoms. The summed E-state index contributed by atoms with van der Waals surface area (Å²) in [5.41, 5.74) is 0. The maximum Gasteiger partial charge on any atom is 0.226 e.